The number of hydrogen-bond acceptors (Lipinski definition) is 4. The van der Waals surface area contributed by atoms with Crippen molar-refractivity contribution in [3.8, 4) is 0 Å². The second-order valence-electron chi connectivity index (χ2n) is 12.0. The zero-order valence-corrected chi connectivity index (χ0v) is 24.8. The van der Waals surface area contributed by atoms with Crippen molar-refractivity contribution in [1.82, 2.24) is 10.2 Å². The summed E-state index contributed by atoms with van der Waals surface area (Å²) < 4.78 is 5.54. The molecular weight excluding hydrogens is 514 g/mol. The minimum atomic E-state index is -0.933. The van der Waals surface area contributed by atoms with Gasteiger partial charge in [-0.1, -0.05) is 79.7 Å². The summed E-state index contributed by atoms with van der Waals surface area (Å²) in [5.41, 5.74) is 3.44. The molecule has 41 heavy (non-hydrogen) atoms. The first-order valence-corrected chi connectivity index (χ1v) is 14.2. The van der Waals surface area contributed by atoms with Crippen LogP contribution in [0.15, 0.2) is 78.9 Å². The van der Waals surface area contributed by atoms with Gasteiger partial charge in [0.05, 0.1) is 0 Å². The zero-order chi connectivity index (χ0) is 29.7. The zero-order valence-electron chi connectivity index (χ0n) is 24.8. The Morgan fingerprint density at radius 2 is 1.49 bits per heavy atom. The molecule has 4 unspecified atom stereocenters. The van der Waals surface area contributed by atoms with E-state index in [0.29, 0.717) is 5.69 Å². The maximum Gasteiger partial charge on any atom is 0.408 e. The number of nitrogens with one attached hydrogen (secondary N) is 2. The number of para-hydroxylation sites is 1. The van der Waals surface area contributed by atoms with E-state index in [1.165, 1.54) is 0 Å². The first-order valence-electron chi connectivity index (χ1n) is 14.2. The van der Waals surface area contributed by atoms with E-state index >= 15 is 0 Å². The number of benzene rings is 3. The maximum absolute atomic E-state index is 14.6. The molecule has 216 valence electrons. The summed E-state index contributed by atoms with van der Waals surface area (Å²) in [5, 5.41) is 5.92. The molecule has 3 amide bonds. The molecule has 0 aliphatic heterocycles. The maximum atomic E-state index is 14.6. The quantitative estimate of drug-likeness (QED) is 0.322. The number of nitrogens with zero attached hydrogens (tertiary/aromatic N) is 1. The second-order valence-corrected chi connectivity index (χ2v) is 12.0. The Morgan fingerprint density at radius 1 is 0.902 bits per heavy atom. The Morgan fingerprint density at radius 3 is 2.07 bits per heavy atom. The number of hydrogen-bond donors (Lipinski definition) is 2. The number of ether oxygens (including phenoxy) is 1. The number of aryl methyl sites for hydroxylation is 2. The molecule has 3 aromatic rings. The molecule has 0 heterocycles. The second kappa shape index (κ2) is 12.6. The molecule has 0 saturated heterocycles. The lowest BCUT2D eigenvalue weighted by atomic mass is 9.96. The van der Waals surface area contributed by atoms with Crippen molar-refractivity contribution in [3.63, 3.8) is 0 Å². The van der Waals surface area contributed by atoms with Crippen LogP contribution < -0.4 is 10.6 Å². The fourth-order valence-corrected chi connectivity index (χ4v) is 5.08. The molecule has 4 atom stereocenters. The van der Waals surface area contributed by atoms with E-state index in [4.69, 9.17) is 4.74 Å². The standard InChI is InChI=1S/C34H41N3O4/c1-22-14-10-12-18-26(22)30(31(38)35-27-19-13-11-15-23(27)2)37(29-20-24(29)3)32(39)28(21-25-16-8-7-9-17-25)36-33(40)41-34(4,5)6/h7-19,24,28-30H,20-21H2,1-6H3,(H,35,38)(H,36,40). The summed E-state index contributed by atoms with van der Waals surface area (Å²) in [6.07, 6.45) is 0.361. The van der Waals surface area contributed by atoms with Gasteiger partial charge in [-0.05, 0) is 75.3 Å². The van der Waals surface area contributed by atoms with E-state index in [0.717, 1.165) is 28.7 Å². The van der Waals surface area contributed by atoms with Gasteiger partial charge < -0.3 is 20.3 Å². The van der Waals surface area contributed by atoms with Crippen LogP contribution in [-0.4, -0.2) is 40.5 Å². The number of rotatable bonds is 9. The van der Waals surface area contributed by atoms with Gasteiger partial charge in [0.15, 0.2) is 0 Å². The predicted molar refractivity (Wildman–Crippen MR) is 161 cm³/mol. The van der Waals surface area contributed by atoms with Gasteiger partial charge in [-0.25, -0.2) is 4.79 Å². The van der Waals surface area contributed by atoms with E-state index in [9.17, 15) is 14.4 Å². The summed E-state index contributed by atoms with van der Waals surface area (Å²) in [5.74, 6) is -0.394. The van der Waals surface area contributed by atoms with Crippen molar-refractivity contribution >= 4 is 23.6 Å². The van der Waals surface area contributed by atoms with Gasteiger partial charge in [-0.2, -0.15) is 0 Å². The van der Waals surface area contributed by atoms with Crippen LogP contribution in [0.25, 0.3) is 0 Å². The molecule has 4 rings (SSSR count). The van der Waals surface area contributed by atoms with E-state index in [2.05, 4.69) is 17.6 Å². The van der Waals surface area contributed by atoms with Crippen LogP contribution in [-0.2, 0) is 20.7 Å². The van der Waals surface area contributed by atoms with Gasteiger partial charge in [0, 0.05) is 18.2 Å². The minimum Gasteiger partial charge on any atom is -0.444 e. The average molecular weight is 556 g/mol. The highest BCUT2D eigenvalue weighted by Crippen LogP contribution is 2.41. The Balaban J connectivity index is 1.76. The predicted octanol–water partition coefficient (Wildman–Crippen LogP) is 6.36. The summed E-state index contributed by atoms with van der Waals surface area (Å²) >= 11 is 0. The molecule has 0 spiro atoms. The monoisotopic (exact) mass is 555 g/mol. The molecule has 3 aromatic carbocycles. The third kappa shape index (κ3) is 7.75. The average Bonchev–Trinajstić information content (AvgIpc) is 3.63. The number of alkyl carbamates (subject to hydrolysis) is 1. The molecule has 1 fully saturated rings. The molecule has 1 aliphatic carbocycles. The van der Waals surface area contributed by atoms with Crippen molar-refractivity contribution in [2.24, 2.45) is 5.92 Å². The Labute approximate surface area is 243 Å². The van der Waals surface area contributed by atoms with E-state index < -0.39 is 23.8 Å². The summed E-state index contributed by atoms with van der Waals surface area (Å²) in [7, 11) is 0. The van der Waals surface area contributed by atoms with Crippen molar-refractivity contribution in [2.75, 3.05) is 5.32 Å². The topological polar surface area (TPSA) is 87.7 Å². The molecule has 1 aliphatic rings. The fraction of sp³-hybridized carbons (Fsp3) is 0.382. The molecular formula is C34H41N3O4. The van der Waals surface area contributed by atoms with Crippen molar-refractivity contribution in [3.05, 3.63) is 101 Å². The molecule has 2 N–H and O–H groups in total. The first kappa shape index (κ1) is 29.8. The Bertz CT molecular complexity index is 1380. The van der Waals surface area contributed by atoms with Crippen LogP contribution >= 0.6 is 0 Å². The highest BCUT2D eigenvalue weighted by Gasteiger charge is 2.48. The van der Waals surface area contributed by atoms with Crippen LogP contribution in [0.4, 0.5) is 10.5 Å². The lowest BCUT2D eigenvalue weighted by Crippen LogP contribution is -2.54. The number of anilines is 1. The van der Waals surface area contributed by atoms with Crippen molar-refractivity contribution in [1.29, 1.82) is 0 Å². The smallest absolute Gasteiger partial charge is 0.408 e. The Hall–Kier alpha value is -4.13. The van der Waals surface area contributed by atoms with Crippen LogP contribution in [0, 0.1) is 19.8 Å². The molecule has 7 nitrogen and oxygen atoms in total. The first-order chi connectivity index (χ1) is 19.4. The van der Waals surface area contributed by atoms with Gasteiger partial charge in [-0.3, -0.25) is 9.59 Å². The third-order valence-corrected chi connectivity index (χ3v) is 7.36. The molecule has 0 bridgehead atoms. The van der Waals surface area contributed by atoms with Crippen LogP contribution in [0.5, 0.6) is 0 Å². The van der Waals surface area contributed by atoms with Crippen LogP contribution in [0.3, 0.4) is 0 Å². The number of carbonyl (C=O) groups excluding carboxylic acids is 3. The molecule has 0 radical (unpaired) electrons. The normalized spacial score (nSPS) is 17.6. The minimum absolute atomic E-state index is 0.145. The van der Waals surface area contributed by atoms with Crippen LogP contribution in [0.1, 0.15) is 62.4 Å². The lowest BCUT2D eigenvalue weighted by Gasteiger charge is -2.35. The SMILES string of the molecule is Cc1ccccc1NC(=O)C(c1ccccc1C)N(C(=O)C(Cc1ccccc1)NC(=O)OC(C)(C)C)C1CC1C. The fourth-order valence-electron chi connectivity index (χ4n) is 5.08. The van der Waals surface area contributed by atoms with Gasteiger partial charge >= 0.3 is 6.09 Å². The van der Waals surface area contributed by atoms with Gasteiger partial charge in [0.25, 0.3) is 5.91 Å². The van der Waals surface area contributed by atoms with E-state index in [-0.39, 0.29) is 30.2 Å². The van der Waals surface area contributed by atoms with E-state index in [1.807, 2.05) is 92.7 Å². The van der Waals surface area contributed by atoms with Gasteiger partial charge in [0.1, 0.15) is 17.7 Å². The lowest BCUT2D eigenvalue weighted by molar-refractivity contribution is -0.141. The molecule has 7 heteroatoms. The Kier molecular flexibility index (Phi) is 9.16. The molecule has 1 saturated carbocycles. The molecule has 0 aromatic heterocycles. The van der Waals surface area contributed by atoms with Gasteiger partial charge in [-0.15, -0.1) is 0 Å². The van der Waals surface area contributed by atoms with Gasteiger partial charge in [0.2, 0.25) is 5.91 Å². The number of carbonyl (C=O) groups is 3. The third-order valence-electron chi connectivity index (χ3n) is 7.36. The van der Waals surface area contributed by atoms with Crippen molar-refractivity contribution in [2.45, 2.75) is 78.1 Å². The highest BCUT2D eigenvalue weighted by atomic mass is 16.6. The summed E-state index contributed by atoms with van der Waals surface area (Å²) in [6, 6.07) is 22.8. The number of amides is 3. The largest absolute Gasteiger partial charge is 0.444 e. The summed E-state index contributed by atoms with van der Waals surface area (Å²) in [4.78, 5) is 43.4. The van der Waals surface area contributed by atoms with E-state index in [1.54, 1.807) is 25.7 Å². The highest BCUT2D eigenvalue weighted by molar-refractivity contribution is 6.00. The summed E-state index contributed by atoms with van der Waals surface area (Å²) in [6.45, 7) is 11.3. The van der Waals surface area contributed by atoms with Crippen LogP contribution in [0.2, 0.25) is 0 Å². The van der Waals surface area contributed by atoms with Crippen molar-refractivity contribution < 1.29 is 19.1 Å².